The van der Waals surface area contributed by atoms with Crippen LogP contribution in [0.2, 0.25) is 0 Å². The Hall–Kier alpha value is -3.56. The van der Waals surface area contributed by atoms with E-state index < -0.39 is 27.8 Å². The number of hydrogen-bond donors (Lipinski definition) is 3. The molecule has 1 unspecified atom stereocenters. The molecule has 33 heavy (non-hydrogen) atoms. The van der Waals surface area contributed by atoms with E-state index in [0.29, 0.717) is 17.7 Å². The van der Waals surface area contributed by atoms with E-state index in [-0.39, 0.29) is 29.3 Å². The highest BCUT2D eigenvalue weighted by molar-refractivity contribution is 7.89. The molecular formula is C24H22FN3O4S. The van der Waals surface area contributed by atoms with Crippen molar-refractivity contribution >= 4 is 33.2 Å². The predicted molar refractivity (Wildman–Crippen MR) is 123 cm³/mol. The SMILES string of the molecule is O=C1CCc2cc(S(=O)(=O)NC(Cc3ccccc3)C(=O)Nc3ccccc3F)ccc2N1. The zero-order valence-electron chi connectivity index (χ0n) is 17.5. The smallest absolute Gasteiger partial charge is 0.242 e. The van der Waals surface area contributed by atoms with Crippen molar-refractivity contribution in [3.63, 3.8) is 0 Å². The molecule has 170 valence electrons. The maximum absolute atomic E-state index is 14.0. The summed E-state index contributed by atoms with van der Waals surface area (Å²) in [5.74, 6) is -1.43. The molecule has 0 bridgehead atoms. The Labute approximate surface area is 191 Å². The third-order valence-electron chi connectivity index (χ3n) is 5.31. The number of amides is 2. The van der Waals surface area contributed by atoms with E-state index in [1.807, 2.05) is 6.07 Å². The van der Waals surface area contributed by atoms with Gasteiger partial charge in [0.25, 0.3) is 0 Å². The fourth-order valence-electron chi connectivity index (χ4n) is 3.60. The molecule has 3 aromatic carbocycles. The minimum Gasteiger partial charge on any atom is -0.326 e. The third-order valence-corrected chi connectivity index (χ3v) is 6.78. The molecule has 0 aliphatic carbocycles. The van der Waals surface area contributed by atoms with Crippen molar-refractivity contribution in [3.05, 3.63) is 89.7 Å². The molecule has 0 saturated heterocycles. The number of carbonyl (C=O) groups excluding carboxylic acids is 2. The van der Waals surface area contributed by atoms with Crippen molar-refractivity contribution < 1.29 is 22.4 Å². The third kappa shape index (κ3) is 5.44. The molecule has 7 nitrogen and oxygen atoms in total. The van der Waals surface area contributed by atoms with Crippen LogP contribution in [0.1, 0.15) is 17.5 Å². The molecule has 2 amide bonds. The lowest BCUT2D eigenvalue weighted by atomic mass is 10.0. The quantitative estimate of drug-likeness (QED) is 0.496. The van der Waals surface area contributed by atoms with Gasteiger partial charge in [0.2, 0.25) is 21.8 Å². The number of halogens is 1. The number of para-hydroxylation sites is 1. The lowest BCUT2D eigenvalue weighted by Gasteiger charge is -2.21. The van der Waals surface area contributed by atoms with Gasteiger partial charge in [0, 0.05) is 12.1 Å². The molecule has 3 N–H and O–H groups in total. The van der Waals surface area contributed by atoms with Crippen LogP contribution in [0.15, 0.2) is 77.7 Å². The van der Waals surface area contributed by atoms with Crippen LogP contribution >= 0.6 is 0 Å². The van der Waals surface area contributed by atoms with Gasteiger partial charge in [-0.05, 0) is 54.3 Å². The van der Waals surface area contributed by atoms with E-state index in [4.69, 9.17) is 0 Å². The lowest BCUT2D eigenvalue weighted by Crippen LogP contribution is -2.45. The van der Waals surface area contributed by atoms with Crippen LogP contribution < -0.4 is 15.4 Å². The van der Waals surface area contributed by atoms with Crippen molar-refractivity contribution in [1.82, 2.24) is 4.72 Å². The summed E-state index contributed by atoms with van der Waals surface area (Å²) in [6, 6.07) is 17.8. The van der Waals surface area contributed by atoms with Crippen LogP contribution in [0.4, 0.5) is 15.8 Å². The number of sulfonamides is 1. The maximum Gasteiger partial charge on any atom is 0.242 e. The van der Waals surface area contributed by atoms with Gasteiger partial charge in [-0.15, -0.1) is 0 Å². The topological polar surface area (TPSA) is 104 Å². The average Bonchev–Trinajstić information content (AvgIpc) is 2.80. The van der Waals surface area contributed by atoms with E-state index in [9.17, 15) is 22.4 Å². The summed E-state index contributed by atoms with van der Waals surface area (Å²) in [4.78, 5) is 24.5. The van der Waals surface area contributed by atoms with Gasteiger partial charge in [-0.3, -0.25) is 9.59 Å². The first kappa shape index (κ1) is 22.6. The van der Waals surface area contributed by atoms with Gasteiger partial charge in [0.05, 0.1) is 10.6 Å². The number of hydrogen-bond acceptors (Lipinski definition) is 4. The van der Waals surface area contributed by atoms with E-state index in [1.165, 1.54) is 36.4 Å². The van der Waals surface area contributed by atoms with Gasteiger partial charge >= 0.3 is 0 Å². The molecule has 4 rings (SSSR count). The van der Waals surface area contributed by atoms with E-state index in [1.54, 1.807) is 30.3 Å². The summed E-state index contributed by atoms with van der Waals surface area (Å²) >= 11 is 0. The highest BCUT2D eigenvalue weighted by Gasteiger charge is 2.28. The largest absolute Gasteiger partial charge is 0.326 e. The molecule has 1 atom stereocenters. The molecule has 0 fully saturated rings. The second-order valence-corrected chi connectivity index (χ2v) is 9.41. The lowest BCUT2D eigenvalue weighted by molar-refractivity contribution is -0.118. The normalized spacial score (nSPS) is 14.2. The van der Waals surface area contributed by atoms with Crippen molar-refractivity contribution in [1.29, 1.82) is 0 Å². The molecule has 9 heteroatoms. The Morgan fingerprint density at radius 2 is 1.73 bits per heavy atom. The molecule has 0 aromatic heterocycles. The number of benzene rings is 3. The van der Waals surface area contributed by atoms with Gasteiger partial charge < -0.3 is 10.6 Å². The number of nitrogens with one attached hydrogen (secondary N) is 3. The number of carbonyl (C=O) groups is 2. The minimum atomic E-state index is -4.09. The van der Waals surface area contributed by atoms with Crippen LogP contribution in [-0.2, 0) is 32.5 Å². The number of aryl methyl sites for hydroxylation is 1. The monoisotopic (exact) mass is 467 g/mol. The molecule has 1 aliphatic heterocycles. The summed E-state index contributed by atoms with van der Waals surface area (Å²) in [5.41, 5.74) is 1.97. The Balaban J connectivity index is 1.60. The predicted octanol–water partition coefficient (Wildman–Crippen LogP) is 3.24. The van der Waals surface area contributed by atoms with Crippen molar-refractivity contribution in [2.24, 2.45) is 0 Å². The summed E-state index contributed by atoms with van der Waals surface area (Å²) in [6.07, 6.45) is 0.763. The summed E-state index contributed by atoms with van der Waals surface area (Å²) < 4.78 is 42.8. The summed E-state index contributed by atoms with van der Waals surface area (Å²) in [7, 11) is -4.09. The highest BCUT2D eigenvalue weighted by Crippen LogP contribution is 2.26. The van der Waals surface area contributed by atoms with E-state index >= 15 is 0 Å². The Kier molecular flexibility index (Phi) is 6.52. The molecule has 0 radical (unpaired) electrons. The van der Waals surface area contributed by atoms with Gasteiger partial charge in [0.15, 0.2) is 0 Å². The molecule has 1 aliphatic rings. The van der Waals surface area contributed by atoms with E-state index in [0.717, 1.165) is 5.56 Å². The standard InChI is InChI=1S/C24H22FN3O4S/c25-19-8-4-5-9-21(19)27-24(30)22(14-16-6-2-1-3-7-16)28-33(31,32)18-11-12-20-17(15-18)10-13-23(29)26-20/h1-9,11-12,15,22,28H,10,13-14H2,(H,26,29)(H,27,30). The van der Waals surface area contributed by atoms with Crippen LogP contribution in [0.3, 0.4) is 0 Å². The Bertz CT molecular complexity index is 1300. The number of fused-ring (bicyclic) bond motifs is 1. The first-order valence-electron chi connectivity index (χ1n) is 10.4. The zero-order valence-corrected chi connectivity index (χ0v) is 18.4. The van der Waals surface area contributed by atoms with Gasteiger partial charge in [-0.2, -0.15) is 4.72 Å². The Morgan fingerprint density at radius 3 is 2.48 bits per heavy atom. The molecule has 0 spiro atoms. The van der Waals surface area contributed by atoms with Gasteiger partial charge in [-0.1, -0.05) is 42.5 Å². The fraction of sp³-hybridized carbons (Fsp3) is 0.167. The second-order valence-electron chi connectivity index (χ2n) is 7.70. The fourth-order valence-corrected chi connectivity index (χ4v) is 4.85. The Morgan fingerprint density at radius 1 is 1.00 bits per heavy atom. The maximum atomic E-state index is 14.0. The van der Waals surface area contributed by atoms with Crippen molar-refractivity contribution in [2.45, 2.75) is 30.2 Å². The summed E-state index contributed by atoms with van der Waals surface area (Å²) in [6.45, 7) is 0. The van der Waals surface area contributed by atoms with Gasteiger partial charge in [-0.25, -0.2) is 12.8 Å². The molecule has 0 saturated carbocycles. The molecule has 1 heterocycles. The summed E-state index contributed by atoms with van der Waals surface area (Å²) in [5, 5.41) is 5.18. The van der Waals surface area contributed by atoms with Crippen LogP contribution in [0.25, 0.3) is 0 Å². The first-order valence-corrected chi connectivity index (χ1v) is 11.8. The zero-order chi connectivity index (χ0) is 23.4. The van der Waals surface area contributed by atoms with Crippen LogP contribution in [0, 0.1) is 5.82 Å². The molecule has 3 aromatic rings. The minimum absolute atomic E-state index is 0.0193. The van der Waals surface area contributed by atoms with Gasteiger partial charge in [0.1, 0.15) is 11.9 Å². The van der Waals surface area contributed by atoms with Crippen molar-refractivity contribution in [2.75, 3.05) is 10.6 Å². The average molecular weight is 468 g/mol. The molecular weight excluding hydrogens is 445 g/mol. The van der Waals surface area contributed by atoms with Crippen LogP contribution in [0.5, 0.6) is 0 Å². The first-order chi connectivity index (χ1) is 15.8. The van der Waals surface area contributed by atoms with Crippen molar-refractivity contribution in [3.8, 4) is 0 Å². The highest BCUT2D eigenvalue weighted by atomic mass is 32.2. The second kappa shape index (κ2) is 9.51. The van der Waals surface area contributed by atoms with Crippen LogP contribution in [-0.4, -0.2) is 26.3 Å². The number of rotatable bonds is 7. The number of anilines is 2. The van der Waals surface area contributed by atoms with E-state index in [2.05, 4.69) is 15.4 Å².